The van der Waals surface area contributed by atoms with Crippen molar-refractivity contribution in [3.8, 4) is 0 Å². The molecule has 0 fully saturated rings. The van der Waals surface area contributed by atoms with Gasteiger partial charge in [-0.15, -0.1) is 6.58 Å². The van der Waals surface area contributed by atoms with Crippen LogP contribution in [-0.4, -0.2) is 26.0 Å². The Hall–Kier alpha value is -0.963. The molecule has 0 saturated heterocycles. The van der Waals surface area contributed by atoms with Gasteiger partial charge in [0, 0.05) is 6.42 Å². The van der Waals surface area contributed by atoms with E-state index in [2.05, 4.69) is 58.4 Å². The van der Waals surface area contributed by atoms with Crippen molar-refractivity contribution >= 4 is 14.4 Å². The van der Waals surface area contributed by atoms with E-state index in [0.717, 1.165) is 12.8 Å². The molecule has 1 unspecified atom stereocenters. The van der Waals surface area contributed by atoms with Crippen LogP contribution in [0.2, 0.25) is 18.1 Å². The van der Waals surface area contributed by atoms with E-state index in [0.29, 0.717) is 6.42 Å². The van der Waals surface area contributed by atoms with Gasteiger partial charge in [-0.2, -0.15) is 4.99 Å². The molecule has 0 heterocycles. The molecule has 0 aromatic carbocycles. The molecule has 0 radical (unpaired) electrons. The Bertz CT molecular complexity index is 501. The Kier molecular flexibility index (Phi) is 12.0. The van der Waals surface area contributed by atoms with Crippen LogP contribution in [0.25, 0.3) is 0 Å². The van der Waals surface area contributed by atoms with E-state index in [9.17, 15) is 4.79 Å². The summed E-state index contributed by atoms with van der Waals surface area (Å²) in [5.74, 6) is 0. The lowest BCUT2D eigenvalue weighted by molar-refractivity contribution is 0.187. The number of rotatable bonds is 14. The summed E-state index contributed by atoms with van der Waals surface area (Å²) in [4.78, 5) is 15.5. The summed E-state index contributed by atoms with van der Waals surface area (Å²) < 4.78 is 6.56. The van der Waals surface area contributed by atoms with Crippen molar-refractivity contribution in [2.75, 3.05) is 0 Å². The zero-order valence-electron chi connectivity index (χ0n) is 18.9. The molecule has 0 aromatic heterocycles. The van der Waals surface area contributed by atoms with Crippen LogP contribution in [0.5, 0.6) is 0 Å². The lowest BCUT2D eigenvalue weighted by Gasteiger charge is -2.40. The number of carbonyl (C=O) groups excluding carboxylic acids is 1. The van der Waals surface area contributed by atoms with Gasteiger partial charge in [-0.3, -0.25) is 0 Å². The molecule has 0 aliphatic rings. The van der Waals surface area contributed by atoms with Crippen LogP contribution < -0.4 is 0 Å². The highest BCUT2D eigenvalue weighted by molar-refractivity contribution is 6.74. The summed E-state index contributed by atoms with van der Waals surface area (Å²) in [5.41, 5.74) is -0.539. The van der Waals surface area contributed by atoms with Gasteiger partial charge in [0.1, 0.15) is 0 Å². The Labute approximate surface area is 169 Å². The van der Waals surface area contributed by atoms with Crippen molar-refractivity contribution < 1.29 is 9.22 Å². The van der Waals surface area contributed by atoms with Crippen LogP contribution in [0, 0.1) is 0 Å². The molecule has 0 rings (SSSR count). The van der Waals surface area contributed by atoms with Gasteiger partial charge in [0.2, 0.25) is 6.08 Å². The maximum Gasteiger partial charge on any atom is 0.235 e. The topological polar surface area (TPSA) is 38.7 Å². The molecule has 0 aliphatic heterocycles. The predicted molar refractivity (Wildman–Crippen MR) is 121 cm³/mol. The van der Waals surface area contributed by atoms with Crippen molar-refractivity contribution in [2.24, 2.45) is 4.99 Å². The second kappa shape index (κ2) is 12.5. The molecule has 27 heavy (non-hydrogen) atoms. The van der Waals surface area contributed by atoms with Gasteiger partial charge in [0.25, 0.3) is 0 Å². The largest absolute Gasteiger partial charge is 0.410 e. The molecule has 0 amide bonds. The second-order valence-corrected chi connectivity index (χ2v) is 13.9. The molecular formula is C23H43NO2Si. The number of allylic oxidation sites excluding steroid dienone is 1. The van der Waals surface area contributed by atoms with E-state index in [1.807, 2.05) is 25.2 Å². The summed E-state index contributed by atoms with van der Waals surface area (Å²) in [6.07, 6.45) is 16.4. The van der Waals surface area contributed by atoms with Gasteiger partial charge in [0.15, 0.2) is 8.32 Å². The van der Waals surface area contributed by atoms with Crippen LogP contribution in [0.15, 0.2) is 29.8 Å². The van der Waals surface area contributed by atoms with Crippen molar-refractivity contribution in [3.63, 3.8) is 0 Å². The van der Waals surface area contributed by atoms with Gasteiger partial charge < -0.3 is 4.43 Å². The molecule has 0 aliphatic carbocycles. The molecular weight excluding hydrogens is 350 g/mol. The lowest BCUT2D eigenvalue weighted by Crippen LogP contribution is -2.45. The molecule has 0 saturated carbocycles. The summed E-state index contributed by atoms with van der Waals surface area (Å²) in [5, 5.41) is 0.130. The monoisotopic (exact) mass is 393 g/mol. The fraction of sp³-hybridized carbons (Fsp3) is 0.783. The van der Waals surface area contributed by atoms with Crippen molar-refractivity contribution in [2.45, 2.75) is 116 Å². The minimum atomic E-state index is -1.92. The second-order valence-electron chi connectivity index (χ2n) is 9.18. The molecule has 156 valence electrons. The number of nitrogens with zero attached hydrogens (tertiary/aromatic N) is 1. The number of unbranched alkanes of at least 4 members (excludes halogenated alkanes) is 5. The Morgan fingerprint density at radius 2 is 1.74 bits per heavy atom. The number of aliphatic imine (C=N–C) groups is 1. The first-order valence-electron chi connectivity index (χ1n) is 10.6. The van der Waals surface area contributed by atoms with E-state index >= 15 is 0 Å². The van der Waals surface area contributed by atoms with Crippen LogP contribution in [0.4, 0.5) is 0 Å². The van der Waals surface area contributed by atoms with Gasteiger partial charge in [-0.1, -0.05) is 84.4 Å². The van der Waals surface area contributed by atoms with Crippen LogP contribution in [0.3, 0.4) is 0 Å². The van der Waals surface area contributed by atoms with Crippen molar-refractivity contribution in [1.82, 2.24) is 0 Å². The van der Waals surface area contributed by atoms with Crippen molar-refractivity contribution in [1.29, 1.82) is 0 Å². The number of hydrogen-bond acceptors (Lipinski definition) is 3. The summed E-state index contributed by atoms with van der Waals surface area (Å²) >= 11 is 0. The van der Waals surface area contributed by atoms with Gasteiger partial charge in [-0.05, 0) is 31.5 Å². The zero-order valence-corrected chi connectivity index (χ0v) is 19.9. The minimum Gasteiger partial charge on any atom is -0.410 e. The average molecular weight is 394 g/mol. The molecule has 0 N–H and O–H groups in total. The normalized spacial score (nSPS) is 16.0. The van der Waals surface area contributed by atoms with E-state index in [4.69, 9.17) is 4.43 Å². The van der Waals surface area contributed by atoms with E-state index in [1.54, 1.807) is 0 Å². The van der Waals surface area contributed by atoms with Crippen LogP contribution in [0.1, 0.15) is 86.0 Å². The fourth-order valence-electron chi connectivity index (χ4n) is 3.08. The third-order valence-corrected chi connectivity index (χ3v) is 10.3. The molecule has 0 bridgehead atoms. The van der Waals surface area contributed by atoms with E-state index in [1.165, 1.54) is 32.1 Å². The van der Waals surface area contributed by atoms with Gasteiger partial charge >= 0.3 is 0 Å². The molecule has 0 spiro atoms. The molecule has 4 heteroatoms. The molecule has 2 atom stereocenters. The highest BCUT2D eigenvalue weighted by atomic mass is 28.4. The standard InChI is InChI=1S/C23H43NO2Si/c1-9-12-13-14-15-16-18-23(17-10-2,24-20-25)19-21(11-3)26-27(7,8)22(4,5)6/h10-11,17,21H,3,9,12-16,18-19H2,1-2,4-8H3/b17-10+/t21?,23-/m0/s1. The first kappa shape index (κ1) is 26.0. The quantitative estimate of drug-likeness (QED) is 0.102. The van der Waals surface area contributed by atoms with Gasteiger partial charge in [0.05, 0.1) is 11.6 Å². The maximum absolute atomic E-state index is 11.2. The first-order chi connectivity index (χ1) is 12.6. The Morgan fingerprint density at radius 3 is 2.22 bits per heavy atom. The first-order valence-corrected chi connectivity index (χ1v) is 13.5. The van der Waals surface area contributed by atoms with E-state index < -0.39 is 13.9 Å². The summed E-state index contributed by atoms with van der Waals surface area (Å²) in [6, 6.07) is 0. The smallest absolute Gasteiger partial charge is 0.235 e. The average Bonchev–Trinajstić information content (AvgIpc) is 2.56. The number of hydrogen-bond donors (Lipinski definition) is 0. The lowest BCUT2D eigenvalue weighted by atomic mass is 9.86. The Balaban J connectivity index is 5.20. The molecule has 3 nitrogen and oxygen atoms in total. The van der Waals surface area contributed by atoms with Gasteiger partial charge in [-0.25, -0.2) is 4.79 Å². The fourth-order valence-corrected chi connectivity index (χ4v) is 4.37. The van der Waals surface area contributed by atoms with Crippen molar-refractivity contribution in [3.05, 3.63) is 24.8 Å². The summed E-state index contributed by atoms with van der Waals surface area (Å²) in [7, 11) is -1.92. The predicted octanol–water partition coefficient (Wildman–Crippen LogP) is 7.35. The Morgan fingerprint density at radius 1 is 1.15 bits per heavy atom. The summed E-state index contributed by atoms with van der Waals surface area (Å²) in [6.45, 7) is 19.4. The minimum absolute atomic E-state index is 0.112. The van der Waals surface area contributed by atoms with Crippen LogP contribution in [-0.2, 0) is 9.22 Å². The number of isocyanates is 1. The van der Waals surface area contributed by atoms with E-state index in [-0.39, 0.29) is 11.1 Å². The third kappa shape index (κ3) is 9.69. The maximum atomic E-state index is 11.2. The highest BCUT2D eigenvalue weighted by Crippen LogP contribution is 2.39. The third-order valence-electron chi connectivity index (χ3n) is 5.78. The molecule has 0 aromatic rings. The highest BCUT2D eigenvalue weighted by Gasteiger charge is 2.40. The zero-order chi connectivity index (χ0) is 21.0. The SMILES string of the molecule is C=CC(C[C@](/C=C/C)(CCCCCCCC)N=C=O)O[Si](C)(C)C(C)(C)C. The van der Waals surface area contributed by atoms with Crippen LogP contribution >= 0.6 is 0 Å².